The van der Waals surface area contributed by atoms with E-state index in [2.05, 4.69) is 72.8 Å². The van der Waals surface area contributed by atoms with Crippen LogP contribution in [0.15, 0.2) is 24.3 Å². The van der Waals surface area contributed by atoms with Gasteiger partial charge in [0, 0.05) is 25.7 Å². The fraction of sp³-hybridized carbons (Fsp3) is 0.899. The summed E-state index contributed by atoms with van der Waals surface area (Å²) >= 11 is 0. The Morgan fingerprint density at radius 1 is 0.337 bits per heavy atom. The number of carbonyl (C=O) groups excluding carboxylic acids is 4. The van der Waals surface area contributed by atoms with E-state index in [1.54, 1.807) is 0 Å². The Labute approximate surface area is 599 Å². The third-order valence-electron chi connectivity index (χ3n) is 18.1. The molecule has 0 aromatic rings. The first-order valence-electron chi connectivity index (χ1n) is 40.2. The van der Waals surface area contributed by atoms with Crippen LogP contribution in [0.3, 0.4) is 0 Å². The molecule has 0 heterocycles. The second-order valence-electron chi connectivity index (χ2n) is 29.0. The highest BCUT2D eigenvalue weighted by Crippen LogP contribution is 2.45. The predicted octanol–water partition coefficient (Wildman–Crippen LogP) is 22.9. The van der Waals surface area contributed by atoms with Crippen molar-refractivity contribution in [2.75, 3.05) is 39.6 Å². The third-order valence-corrected chi connectivity index (χ3v) is 20.0. The summed E-state index contributed by atoms with van der Waals surface area (Å²) in [6.45, 7) is 11.9. The third kappa shape index (κ3) is 70.6. The summed E-state index contributed by atoms with van der Waals surface area (Å²) < 4.78 is 68.6. The van der Waals surface area contributed by atoms with Crippen molar-refractivity contribution in [1.82, 2.24) is 0 Å². The highest BCUT2D eigenvalue weighted by molar-refractivity contribution is 7.47. The minimum absolute atomic E-state index is 0.0846. The Bertz CT molecular complexity index is 2000. The Kier molecular flexibility index (Phi) is 67.2. The molecule has 98 heavy (non-hydrogen) atoms. The van der Waals surface area contributed by atoms with E-state index in [9.17, 15) is 43.2 Å². The van der Waals surface area contributed by atoms with Gasteiger partial charge in [0.1, 0.15) is 19.3 Å². The van der Waals surface area contributed by atoms with E-state index in [1.807, 2.05) is 0 Å². The normalized spacial score (nSPS) is 14.4. The maximum Gasteiger partial charge on any atom is 0.472 e. The maximum absolute atomic E-state index is 13.1. The second-order valence-corrected chi connectivity index (χ2v) is 31.9. The van der Waals surface area contributed by atoms with Crippen LogP contribution in [-0.2, 0) is 65.4 Å². The van der Waals surface area contributed by atoms with Crippen LogP contribution in [0.25, 0.3) is 0 Å². The number of phosphoric ester groups is 2. The fourth-order valence-corrected chi connectivity index (χ4v) is 13.1. The first kappa shape index (κ1) is 95.5. The van der Waals surface area contributed by atoms with Crippen molar-refractivity contribution < 1.29 is 80.2 Å². The number of carbonyl (C=O) groups is 4. The van der Waals surface area contributed by atoms with E-state index in [0.29, 0.717) is 31.6 Å². The van der Waals surface area contributed by atoms with Gasteiger partial charge in [0.15, 0.2) is 12.2 Å². The zero-order chi connectivity index (χ0) is 72.3. The van der Waals surface area contributed by atoms with Crippen LogP contribution < -0.4 is 0 Å². The molecule has 0 aromatic heterocycles. The quantitative estimate of drug-likeness (QED) is 0.0169. The smallest absolute Gasteiger partial charge is 0.462 e. The second kappa shape index (κ2) is 68.9. The summed E-state index contributed by atoms with van der Waals surface area (Å²) in [6.07, 6.45) is 59.1. The van der Waals surface area contributed by atoms with Crippen molar-refractivity contribution in [3.8, 4) is 0 Å². The molecule has 0 amide bonds. The standard InChI is InChI=1S/C79H150O17P2/c1-8-10-11-12-13-14-15-16-19-23-26-33-40-48-55-62-78(83)95-74(66-89-76(81)60-53-46-39-32-29-28-31-38-45-52-59-72(7)9-2)68-93-97(85,86)91-64-73(80)65-92-98(87,88)94-69-75(67-90-77(82)61-54-47-42-35-37-44-51-58-71(5)6)96-79(84)63-56-49-41-34-27-24-21-18-17-20-22-25-30-36-43-50-57-70(3)4/h14-16,19,70-75,80H,8-13,17-18,20-69H2,1-7H3,(H,85,86)(H,87,88)/b15-14-,19-16-/t72?,73?,74-,75-/m1/s1. The van der Waals surface area contributed by atoms with Gasteiger partial charge in [-0.3, -0.25) is 37.3 Å². The van der Waals surface area contributed by atoms with Gasteiger partial charge in [-0.05, 0) is 69.1 Å². The summed E-state index contributed by atoms with van der Waals surface area (Å²) in [7, 11) is -9.93. The number of hydrogen-bond acceptors (Lipinski definition) is 15. The van der Waals surface area contributed by atoms with Crippen molar-refractivity contribution in [2.24, 2.45) is 17.8 Å². The lowest BCUT2D eigenvalue weighted by atomic mass is 9.99. The molecule has 0 fully saturated rings. The molecule has 6 atom stereocenters. The molecule has 0 spiro atoms. The molecule has 3 N–H and O–H groups in total. The minimum Gasteiger partial charge on any atom is -0.462 e. The van der Waals surface area contributed by atoms with Gasteiger partial charge >= 0.3 is 39.5 Å². The Hall–Kier alpha value is -2.46. The fourth-order valence-electron chi connectivity index (χ4n) is 11.6. The van der Waals surface area contributed by atoms with E-state index >= 15 is 0 Å². The number of hydrogen-bond donors (Lipinski definition) is 3. The molecule has 0 bridgehead atoms. The van der Waals surface area contributed by atoms with Crippen molar-refractivity contribution in [3.05, 3.63) is 24.3 Å². The van der Waals surface area contributed by atoms with Gasteiger partial charge in [-0.1, -0.05) is 330 Å². The molecule has 17 nitrogen and oxygen atoms in total. The number of allylic oxidation sites excluding steroid dienone is 4. The van der Waals surface area contributed by atoms with Crippen LogP contribution >= 0.6 is 15.6 Å². The molecule has 578 valence electrons. The van der Waals surface area contributed by atoms with Gasteiger partial charge in [0.2, 0.25) is 0 Å². The predicted molar refractivity (Wildman–Crippen MR) is 400 cm³/mol. The average molecular weight is 1430 g/mol. The van der Waals surface area contributed by atoms with E-state index in [0.717, 1.165) is 121 Å². The molecule has 0 aliphatic heterocycles. The van der Waals surface area contributed by atoms with Crippen molar-refractivity contribution in [1.29, 1.82) is 0 Å². The lowest BCUT2D eigenvalue weighted by molar-refractivity contribution is -0.161. The number of aliphatic hydroxyl groups is 1. The van der Waals surface area contributed by atoms with Crippen LogP contribution in [0, 0.1) is 17.8 Å². The van der Waals surface area contributed by atoms with Gasteiger partial charge in [0.25, 0.3) is 0 Å². The molecule has 0 aromatic carbocycles. The highest BCUT2D eigenvalue weighted by atomic mass is 31.2. The molecule has 0 saturated heterocycles. The van der Waals surface area contributed by atoms with Gasteiger partial charge < -0.3 is 33.8 Å². The van der Waals surface area contributed by atoms with E-state index in [1.165, 1.54) is 173 Å². The summed E-state index contributed by atoms with van der Waals surface area (Å²) in [5.74, 6) is 0.173. The average Bonchev–Trinajstić information content (AvgIpc) is 0.959. The Morgan fingerprint density at radius 3 is 0.908 bits per heavy atom. The topological polar surface area (TPSA) is 237 Å². The number of phosphoric acid groups is 2. The van der Waals surface area contributed by atoms with Gasteiger partial charge in [-0.2, -0.15) is 0 Å². The molecule has 0 radical (unpaired) electrons. The zero-order valence-electron chi connectivity index (χ0n) is 63.7. The number of rotatable bonds is 75. The largest absolute Gasteiger partial charge is 0.472 e. The SMILES string of the molecule is CCCCCC/C=C\C=C/CCCCCCCC(=O)O[C@H](COC(=O)CCCCCCCCCCCCC(C)CC)COP(=O)(O)OCC(O)COP(=O)(O)OC[C@@H](COC(=O)CCCCCCCCCC(C)C)OC(=O)CCCCCCCCCCCCCCCCCCC(C)C. The van der Waals surface area contributed by atoms with Gasteiger partial charge in [-0.25, -0.2) is 9.13 Å². The number of esters is 4. The maximum atomic E-state index is 13.1. The summed E-state index contributed by atoms with van der Waals surface area (Å²) in [5, 5.41) is 10.6. The number of ether oxygens (including phenoxy) is 4. The molecular formula is C79H150O17P2. The Morgan fingerprint density at radius 2 is 0.602 bits per heavy atom. The van der Waals surface area contributed by atoms with E-state index in [4.69, 9.17) is 37.0 Å². The van der Waals surface area contributed by atoms with Crippen molar-refractivity contribution >= 4 is 39.5 Å². The van der Waals surface area contributed by atoms with Crippen molar-refractivity contribution in [2.45, 2.75) is 401 Å². The monoisotopic (exact) mass is 1430 g/mol. The lowest BCUT2D eigenvalue weighted by Crippen LogP contribution is -2.30. The number of aliphatic hydroxyl groups excluding tert-OH is 1. The molecule has 19 heteroatoms. The van der Waals surface area contributed by atoms with Crippen LogP contribution in [-0.4, -0.2) is 96.7 Å². The van der Waals surface area contributed by atoms with Gasteiger partial charge in [0.05, 0.1) is 26.4 Å². The van der Waals surface area contributed by atoms with Crippen LogP contribution in [0.5, 0.6) is 0 Å². The zero-order valence-corrected chi connectivity index (χ0v) is 65.5. The highest BCUT2D eigenvalue weighted by Gasteiger charge is 2.30. The first-order valence-corrected chi connectivity index (χ1v) is 43.2. The lowest BCUT2D eigenvalue weighted by Gasteiger charge is -2.21. The number of unbranched alkanes of at least 4 members (excludes halogenated alkanes) is 39. The molecular weight excluding hydrogens is 1280 g/mol. The van der Waals surface area contributed by atoms with E-state index < -0.39 is 97.5 Å². The summed E-state index contributed by atoms with van der Waals surface area (Å²) in [6, 6.07) is 0. The van der Waals surface area contributed by atoms with Crippen molar-refractivity contribution in [3.63, 3.8) is 0 Å². The summed E-state index contributed by atoms with van der Waals surface area (Å²) in [4.78, 5) is 72.9. The summed E-state index contributed by atoms with van der Waals surface area (Å²) in [5.41, 5.74) is 0. The van der Waals surface area contributed by atoms with Gasteiger partial charge in [-0.15, -0.1) is 0 Å². The molecule has 0 saturated carbocycles. The molecule has 0 rings (SSSR count). The van der Waals surface area contributed by atoms with E-state index in [-0.39, 0.29) is 25.7 Å². The van der Waals surface area contributed by atoms with Crippen LogP contribution in [0.2, 0.25) is 0 Å². The van der Waals surface area contributed by atoms with Crippen LogP contribution in [0.1, 0.15) is 382 Å². The Balaban J connectivity index is 5.27. The molecule has 0 aliphatic rings. The van der Waals surface area contributed by atoms with Crippen LogP contribution in [0.4, 0.5) is 0 Å². The minimum atomic E-state index is -4.97. The molecule has 0 aliphatic carbocycles. The molecule has 4 unspecified atom stereocenters. The first-order chi connectivity index (χ1) is 47.3.